The third-order valence-corrected chi connectivity index (χ3v) is 10.3. The Morgan fingerprint density at radius 2 is 1.68 bits per heavy atom. The smallest absolute Gasteiger partial charge is 0.243 e. The van der Waals surface area contributed by atoms with Crippen LogP contribution in [0.3, 0.4) is 0 Å². The second-order valence-electron chi connectivity index (χ2n) is 14.2. The minimum Gasteiger partial charge on any atom is -0.368 e. The molecule has 2 saturated heterocycles. The lowest BCUT2D eigenvalue weighted by molar-refractivity contribution is -0.137. The van der Waals surface area contributed by atoms with E-state index in [1.807, 2.05) is 42.4 Å². The topological polar surface area (TPSA) is 124 Å². The predicted molar refractivity (Wildman–Crippen MR) is 193 cm³/mol. The van der Waals surface area contributed by atoms with E-state index in [1.54, 1.807) is 24.4 Å². The molecule has 2 N–H and O–H groups in total. The molecule has 0 saturated carbocycles. The Bertz CT molecular complexity index is 2230. The van der Waals surface area contributed by atoms with Gasteiger partial charge in [-0.05, 0) is 74.7 Å². The second-order valence-corrected chi connectivity index (χ2v) is 14.2. The number of hydrogen-bond donors (Lipinski definition) is 2. The Balaban J connectivity index is 0.888. The predicted octanol–water partition coefficient (Wildman–Crippen LogP) is 5.38. The van der Waals surface area contributed by atoms with E-state index < -0.39 is 11.6 Å². The molecule has 3 aliphatic heterocycles. The van der Waals surface area contributed by atoms with Crippen molar-refractivity contribution in [2.75, 3.05) is 36.4 Å². The summed E-state index contributed by atoms with van der Waals surface area (Å²) in [6.07, 6.45) is 3.59. The molecule has 6 heterocycles. The number of rotatable bonds is 8. The van der Waals surface area contributed by atoms with Crippen molar-refractivity contribution in [3.8, 4) is 11.3 Å². The number of nitrogens with one attached hydrogen (secondary N) is 2. The quantitative estimate of drug-likeness (QED) is 0.202. The maximum Gasteiger partial charge on any atom is 0.243 e. The third kappa shape index (κ3) is 6.81. The molecule has 274 valence electrons. The molecule has 53 heavy (non-hydrogen) atoms. The van der Waals surface area contributed by atoms with Gasteiger partial charge in [0.25, 0.3) is 0 Å². The van der Waals surface area contributed by atoms with Gasteiger partial charge in [0.15, 0.2) is 11.6 Å². The number of carbonyl (C=O) groups is 2. The number of halogens is 3. The first-order valence-electron chi connectivity index (χ1n) is 17.8. The number of piperazine rings is 1. The van der Waals surface area contributed by atoms with Gasteiger partial charge in [-0.15, -0.1) is 0 Å². The summed E-state index contributed by atoms with van der Waals surface area (Å²) in [4.78, 5) is 47.8. The summed E-state index contributed by atoms with van der Waals surface area (Å²) in [5.41, 5.74) is 4.49. The van der Waals surface area contributed by atoms with Gasteiger partial charge >= 0.3 is 0 Å². The summed E-state index contributed by atoms with van der Waals surface area (Å²) in [6, 6.07) is 9.83. The van der Waals surface area contributed by atoms with Crippen molar-refractivity contribution in [2.45, 2.75) is 65.3 Å². The summed E-state index contributed by atoms with van der Waals surface area (Å²) >= 11 is 0. The van der Waals surface area contributed by atoms with E-state index in [0.717, 1.165) is 49.2 Å². The Kier molecular flexibility index (Phi) is 9.06. The summed E-state index contributed by atoms with van der Waals surface area (Å²) in [7, 11) is 0. The van der Waals surface area contributed by atoms with Crippen LogP contribution in [0.5, 0.6) is 0 Å². The van der Waals surface area contributed by atoms with Crippen molar-refractivity contribution in [1.82, 2.24) is 39.6 Å². The average Bonchev–Trinajstić information content (AvgIpc) is 3.69. The van der Waals surface area contributed by atoms with Crippen molar-refractivity contribution in [3.05, 3.63) is 88.8 Å². The van der Waals surface area contributed by atoms with Crippen LogP contribution in [0.1, 0.15) is 55.2 Å². The highest BCUT2D eigenvalue weighted by molar-refractivity contribution is 6.00. The van der Waals surface area contributed by atoms with Gasteiger partial charge in [0.2, 0.25) is 17.8 Å². The number of amides is 2. The van der Waals surface area contributed by atoms with Crippen molar-refractivity contribution < 1.29 is 22.8 Å². The maximum atomic E-state index is 15.2. The summed E-state index contributed by atoms with van der Waals surface area (Å²) < 4.78 is 47.3. The van der Waals surface area contributed by atoms with E-state index in [2.05, 4.69) is 40.4 Å². The van der Waals surface area contributed by atoms with Gasteiger partial charge in [0, 0.05) is 69.4 Å². The molecule has 0 radical (unpaired) electrons. The van der Waals surface area contributed by atoms with Crippen molar-refractivity contribution in [2.24, 2.45) is 0 Å². The highest BCUT2D eigenvalue weighted by Gasteiger charge is 2.35. The third-order valence-electron chi connectivity index (χ3n) is 10.3. The number of fused-ring (bicyclic) bond motifs is 2. The van der Waals surface area contributed by atoms with Gasteiger partial charge < -0.3 is 14.8 Å². The van der Waals surface area contributed by atoms with Gasteiger partial charge in [-0.25, -0.2) is 33.1 Å². The van der Waals surface area contributed by atoms with Gasteiger partial charge in [0.05, 0.1) is 29.6 Å². The van der Waals surface area contributed by atoms with E-state index in [-0.39, 0.29) is 52.4 Å². The van der Waals surface area contributed by atoms with E-state index in [9.17, 15) is 9.59 Å². The van der Waals surface area contributed by atoms with Crippen LogP contribution >= 0.6 is 0 Å². The summed E-state index contributed by atoms with van der Waals surface area (Å²) in [5, 5.41) is 5.45. The zero-order valence-corrected chi connectivity index (χ0v) is 29.7. The number of piperidine rings is 1. The number of carbonyl (C=O) groups excluding carboxylic acids is 2. The van der Waals surface area contributed by atoms with Crippen LogP contribution in [-0.4, -0.2) is 78.3 Å². The lowest BCUT2D eigenvalue weighted by Gasteiger charge is -2.36. The zero-order valence-electron chi connectivity index (χ0n) is 29.7. The Morgan fingerprint density at radius 3 is 2.40 bits per heavy atom. The average molecular weight is 725 g/mol. The highest BCUT2D eigenvalue weighted by Crippen LogP contribution is 2.32. The molecular weight excluding hydrogens is 685 g/mol. The molecule has 1 atom stereocenters. The van der Waals surface area contributed by atoms with Gasteiger partial charge in [-0.2, -0.15) is 0 Å². The van der Waals surface area contributed by atoms with Crippen LogP contribution in [0.25, 0.3) is 22.3 Å². The van der Waals surface area contributed by atoms with Crippen molar-refractivity contribution in [3.63, 3.8) is 0 Å². The number of imidazole rings is 1. The zero-order chi connectivity index (χ0) is 37.0. The number of anilines is 3. The fourth-order valence-corrected chi connectivity index (χ4v) is 7.72. The van der Waals surface area contributed by atoms with E-state index in [0.29, 0.717) is 55.2 Å². The maximum absolute atomic E-state index is 15.2. The van der Waals surface area contributed by atoms with Crippen molar-refractivity contribution in [1.29, 1.82) is 0 Å². The first-order chi connectivity index (χ1) is 25.5. The van der Waals surface area contributed by atoms with E-state index in [4.69, 9.17) is 0 Å². The van der Waals surface area contributed by atoms with Crippen LogP contribution in [0.15, 0.2) is 48.8 Å². The second kappa shape index (κ2) is 13.9. The van der Waals surface area contributed by atoms with Gasteiger partial charge in [0.1, 0.15) is 28.7 Å². The normalized spacial score (nSPS) is 18.2. The minimum absolute atomic E-state index is 0.0306. The molecule has 15 heteroatoms. The first-order valence-corrected chi connectivity index (χ1v) is 17.8. The fourth-order valence-electron chi connectivity index (χ4n) is 7.72. The molecule has 3 aliphatic rings. The Hall–Kier alpha value is -5.41. The van der Waals surface area contributed by atoms with Gasteiger partial charge in [-0.3, -0.25) is 24.7 Å². The molecule has 8 rings (SSSR count). The number of aromatic nitrogens is 5. The molecule has 1 unspecified atom stereocenters. The SMILES string of the molecule is Cc1nc2c(F)cc(-c3nc(Nc4ccc(N5CCN(Cc6cc7c(cc6F)CN(C6CCC(=O)NC6=O)C7)CC5)cn4)ncc3F)cc2n1C(C)C. The Labute approximate surface area is 304 Å². The number of aryl methyl sites for hydroxylation is 1. The number of imide groups is 1. The summed E-state index contributed by atoms with van der Waals surface area (Å²) in [5.74, 6) is -0.761. The molecule has 12 nitrogen and oxygen atoms in total. The van der Waals surface area contributed by atoms with Crippen molar-refractivity contribution >= 4 is 40.3 Å². The number of pyridine rings is 1. The molecule has 0 spiro atoms. The lowest BCUT2D eigenvalue weighted by Crippen LogP contribution is -2.50. The number of nitrogens with zero attached hydrogens (tertiary/aromatic N) is 8. The molecular formula is C38H39F3N10O2. The number of hydrogen-bond acceptors (Lipinski definition) is 10. The number of benzene rings is 2. The van der Waals surface area contributed by atoms with Crippen LogP contribution in [0, 0.1) is 24.4 Å². The van der Waals surface area contributed by atoms with E-state index in [1.165, 1.54) is 6.07 Å². The lowest BCUT2D eigenvalue weighted by atomic mass is 10.0. The molecule has 0 bridgehead atoms. The molecule has 5 aromatic rings. The highest BCUT2D eigenvalue weighted by atomic mass is 19.1. The fraction of sp³-hybridized carbons (Fsp3) is 0.368. The molecule has 3 aromatic heterocycles. The molecule has 0 aliphatic carbocycles. The van der Waals surface area contributed by atoms with Crippen LogP contribution in [-0.2, 0) is 29.2 Å². The van der Waals surface area contributed by atoms with Crippen LogP contribution < -0.4 is 15.5 Å². The first kappa shape index (κ1) is 34.7. The molecule has 2 amide bonds. The Morgan fingerprint density at radius 1 is 0.906 bits per heavy atom. The van der Waals surface area contributed by atoms with Crippen LogP contribution in [0.2, 0.25) is 0 Å². The van der Waals surface area contributed by atoms with E-state index >= 15 is 13.2 Å². The van der Waals surface area contributed by atoms with Crippen LogP contribution in [0.4, 0.5) is 30.6 Å². The molecule has 2 aromatic carbocycles. The summed E-state index contributed by atoms with van der Waals surface area (Å²) in [6.45, 7) is 10.2. The monoisotopic (exact) mass is 724 g/mol. The van der Waals surface area contributed by atoms with Gasteiger partial charge in [-0.1, -0.05) is 0 Å². The largest absolute Gasteiger partial charge is 0.368 e. The standard InChI is InChI=1S/C38H39F3N10O2/c1-21(2)51-22(3)44-36-29(40)13-23(15-32(36)51)35-30(41)17-43-38(47-35)45-33-6-4-27(16-42-33)49-10-8-48(9-11-49)18-26-12-24-19-50(20-25(24)14-28(26)39)31-5-7-34(52)46-37(31)53/h4,6,12-17,21,31H,5,7-11,18-20H2,1-3H3,(H,46,52,53)(H,42,43,45,47). The minimum atomic E-state index is -0.681. The molecule has 2 fully saturated rings.